The van der Waals surface area contributed by atoms with Crippen LogP contribution in [0.3, 0.4) is 0 Å². The molecule has 3 fully saturated rings. The van der Waals surface area contributed by atoms with E-state index < -0.39 is 0 Å². The van der Waals surface area contributed by atoms with Crippen LogP contribution < -0.4 is 19.4 Å². The van der Waals surface area contributed by atoms with Crippen molar-refractivity contribution in [2.24, 2.45) is 0 Å². The van der Waals surface area contributed by atoms with Crippen LogP contribution in [0.25, 0.3) is 11.3 Å². The summed E-state index contributed by atoms with van der Waals surface area (Å²) < 4.78 is 17.1. The molecule has 0 saturated carbocycles. The number of hydrogen-bond acceptors (Lipinski definition) is 10. The van der Waals surface area contributed by atoms with E-state index in [1.807, 2.05) is 4.90 Å². The van der Waals surface area contributed by atoms with Gasteiger partial charge in [0.2, 0.25) is 5.95 Å². The fourth-order valence-corrected chi connectivity index (χ4v) is 6.53. The van der Waals surface area contributed by atoms with Crippen molar-refractivity contribution < 1.29 is 9.18 Å². The molecule has 9 nitrogen and oxygen atoms in total. The lowest BCUT2D eigenvalue weighted by Gasteiger charge is -2.35. The first kappa shape index (κ1) is 25.2. The number of hydrogen-bond donors (Lipinski definition) is 1. The Labute approximate surface area is 230 Å². The van der Waals surface area contributed by atoms with Gasteiger partial charge >= 0.3 is 5.24 Å². The van der Waals surface area contributed by atoms with E-state index in [2.05, 4.69) is 30.5 Å². The Balaban J connectivity index is 1.06. The minimum absolute atomic E-state index is 0.0505. The molecule has 12 heteroatoms. The standard InChI is InChI=1S/C26H31FN8OS2/c27-20-8-2-1-7-19(20)21-18-37-25(28-21)31-38-26(36)35-15-13-33(14-16-35)23-17-22(32-9-3-4-10-32)29-24(30-23)34-11-5-6-12-34/h1-2,7-8,17-18H,3-6,9-16H2,(H,28,31). The third kappa shape index (κ3) is 5.51. The molecule has 0 spiro atoms. The van der Waals surface area contributed by atoms with E-state index in [1.165, 1.54) is 43.1 Å². The number of benzene rings is 1. The molecule has 5 heterocycles. The van der Waals surface area contributed by atoms with Gasteiger partial charge in [0.25, 0.3) is 0 Å². The van der Waals surface area contributed by atoms with E-state index >= 15 is 0 Å². The van der Waals surface area contributed by atoms with Crippen LogP contribution in [-0.2, 0) is 0 Å². The zero-order valence-electron chi connectivity index (χ0n) is 21.2. The van der Waals surface area contributed by atoms with E-state index in [0.717, 1.165) is 68.8 Å². The fourth-order valence-electron chi connectivity index (χ4n) is 5.12. The number of carbonyl (C=O) groups excluding carboxylic acids is 1. The molecule has 1 aromatic carbocycles. The van der Waals surface area contributed by atoms with Crippen molar-refractivity contribution in [3.8, 4) is 11.3 Å². The molecule has 0 radical (unpaired) electrons. The molecule has 2 aromatic heterocycles. The third-order valence-electron chi connectivity index (χ3n) is 7.25. The number of piperazine rings is 1. The summed E-state index contributed by atoms with van der Waals surface area (Å²) in [6, 6.07) is 8.68. The Kier molecular flexibility index (Phi) is 7.50. The lowest BCUT2D eigenvalue weighted by Crippen LogP contribution is -2.48. The second-order valence-corrected chi connectivity index (χ2v) is 11.4. The molecule has 3 aromatic rings. The molecular weight excluding hydrogens is 523 g/mol. The predicted octanol–water partition coefficient (Wildman–Crippen LogP) is 4.94. The van der Waals surface area contributed by atoms with E-state index in [9.17, 15) is 9.18 Å². The second-order valence-electron chi connectivity index (χ2n) is 9.73. The Morgan fingerprint density at radius 2 is 1.47 bits per heavy atom. The monoisotopic (exact) mass is 554 g/mol. The van der Waals surface area contributed by atoms with Crippen molar-refractivity contribution in [2.75, 3.05) is 71.8 Å². The average Bonchev–Trinajstić information content (AvgIpc) is 3.75. The van der Waals surface area contributed by atoms with E-state index in [-0.39, 0.29) is 11.1 Å². The molecule has 38 heavy (non-hydrogen) atoms. The molecule has 0 atom stereocenters. The largest absolute Gasteiger partial charge is 0.356 e. The molecule has 6 rings (SSSR count). The van der Waals surface area contributed by atoms with E-state index in [0.29, 0.717) is 29.5 Å². The number of amides is 1. The van der Waals surface area contributed by atoms with Crippen LogP contribution in [0, 0.1) is 5.82 Å². The average molecular weight is 555 g/mol. The summed E-state index contributed by atoms with van der Waals surface area (Å²) in [7, 11) is 0. The predicted molar refractivity (Wildman–Crippen MR) is 153 cm³/mol. The molecule has 0 aliphatic carbocycles. The lowest BCUT2D eigenvalue weighted by atomic mass is 10.2. The molecule has 3 saturated heterocycles. The van der Waals surface area contributed by atoms with Gasteiger partial charge in [0, 0.05) is 81.3 Å². The van der Waals surface area contributed by atoms with Crippen LogP contribution in [0.1, 0.15) is 25.7 Å². The zero-order valence-corrected chi connectivity index (χ0v) is 22.8. The highest BCUT2D eigenvalue weighted by Gasteiger charge is 2.26. The van der Waals surface area contributed by atoms with Crippen molar-refractivity contribution in [1.82, 2.24) is 19.9 Å². The molecule has 3 aliphatic rings. The molecule has 1 amide bonds. The number of nitrogens with zero attached hydrogens (tertiary/aromatic N) is 7. The van der Waals surface area contributed by atoms with E-state index in [1.54, 1.807) is 23.6 Å². The first-order valence-electron chi connectivity index (χ1n) is 13.2. The summed E-state index contributed by atoms with van der Waals surface area (Å²) in [6.07, 6.45) is 4.78. The van der Waals surface area contributed by atoms with Gasteiger partial charge in [-0.1, -0.05) is 12.1 Å². The van der Waals surface area contributed by atoms with Crippen molar-refractivity contribution in [2.45, 2.75) is 25.7 Å². The van der Waals surface area contributed by atoms with Gasteiger partial charge in [-0.15, -0.1) is 11.3 Å². The van der Waals surface area contributed by atoms with Crippen LogP contribution in [0.4, 0.5) is 31.9 Å². The highest BCUT2D eigenvalue weighted by Crippen LogP contribution is 2.30. The van der Waals surface area contributed by atoms with Gasteiger partial charge in [0.1, 0.15) is 17.5 Å². The summed E-state index contributed by atoms with van der Waals surface area (Å²) in [6.45, 7) is 6.79. The Bertz CT molecular complexity index is 1240. The summed E-state index contributed by atoms with van der Waals surface area (Å²) >= 11 is 2.37. The number of nitrogens with one attached hydrogen (secondary N) is 1. The van der Waals surface area contributed by atoms with Gasteiger partial charge in [-0.05, 0) is 37.8 Å². The smallest absolute Gasteiger partial charge is 0.302 e. The first-order valence-corrected chi connectivity index (χ1v) is 14.9. The minimum Gasteiger partial charge on any atom is -0.356 e. The topological polar surface area (TPSA) is 80.7 Å². The lowest BCUT2D eigenvalue weighted by molar-refractivity contribution is 0.219. The summed E-state index contributed by atoms with van der Waals surface area (Å²) in [5.41, 5.74) is 1.01. The van der Waals surface area contributed by atoms with Gasteiger partial charge < -0.3 is 19.6 Å². The molecule has 0 bridgehead atoms. The molecule has 1 N–H and O–H groups in total. The second kappa shape index (κ2) is 11.3. The highest BCUT2D eigenvalue weighted by molar-refractivity contribution is 8.14. The van der Waals surface area contributed by atoms with Crippen LogP contribution in [-0.4, -0.2) is 77.4 Å². The Morgan fingerprint density at radius 3 is 2.16 bits per heavy atom. The minimum atomic E-state index is -0.310. The maximum Gasteiger partial charge on any atom is 0.302 e. The number of aromatic nitrogens is 3. The molecular formula is C26H31FN8OS2. The van der Waals surface area contributed by atoms with Gasteiger partial charge in [-0.3, -0.25) is 9.52 Å². The number of carbonyl (C=O) groups is 1. The summed E-state index contributed by atoms with van der Waals surface area (Å²) in [5, 5.41) is 2.31. The highest BCUT2D eigenvalue weighted by atomic mass is 32.2. The molecule has 200 valence electrons. The quantitative estimate of drug-likeness (QED) is 0.426. The number of thiazole rings is 1. The van der Waals surface area contributed by atoms with Crippen LogP contribution in [0.15, 0.2) is 35.7 Å². The maximum atomic E-state index is 14.1. The number of anilines is 4. The Morgan fingerprint density at radius 1 is 0.842 bits per heavy atom. The molecule has 3 aliphatic heterocycles. The van der Waals surface area contributed by atoms with Crippen LogP contribution in [0.5, 0.6) is 0 Å². The van der Waals surface area contributed by atoms with Crippen molar-refractivity contribution in [1.29, 1.82) is 0 Å². The molecule has 0 unspecified atom stereocenters. The fraction of sp³-hybridized carbons (Fsp3) is 0.462. The first-order chi connectivity index (χ1) is 18.6. The van der Waals surface area contributed by atoms with Gasteiger partial charge in [-0.2, -0.15) is 9.97 Å². The zero-order chi connectivity index (χ0) is 25.9. The third-order valence-corrected chi connectivity index (χ3v) is 8.86. The van der Waals surface area contributed by atoms with Gasteiger partial charge in [0.15, 0.2) is 5.13 Å². The number of halogens is 1. The number of rotatable bonds is 6. The SMILES string of the molecule is O=C(SNc1nc(-c2ccccc2F)cs1)N1CCN(c2cc(N3CCCC3)nc(N3CCCC3)n2)CC1. The van der Waals surface area contributed by atoms with Crippen molar-refractivity contribution in [3.63, 3.8) is 0 Å². The Hall–Kier alpha value is -3.12. The maximum absolute atomic E-state index is 14.1. The van der Waals surface area contributed by atoms with Gasteiger partial charge in [0.05, 0.1) is 5.69 Å². The van der Waals surface area contributed by atoms with Crippen LogP contribution >= 0.6 is 23.3 Å². The summed E-state index contributed by atoms with van der Waals surface area (Å²) in [4.78, 5) is 36.0. The van der Waals surface area contributed by atoms with Gasteiger partial charge in [-0.25, -0.2) is 9.37 Å². The van der Waals surface area contributed by atoms with Crippen molar-refractivity contribution in [3.05, 3.63) is 41.5 Å². The summed E-state index contributed by atoms with van der Waals surface area (Å²) in [5.74, 6) is 2.49. The normalized spacial score (nSPS) is 17.9. The van der Waals surface area contributed by atoms with Crippen molar-refractivity contribution >= 4 is 51.2 Å². The van der Waals surface area contributed by atoms with Crippen LogP contribution in [0.2, 0.25) is 0 Å². The van der Waals surface area contributed by atoms with E-state index in [4.69, 9.17) is 9.97 Å².